The number of carbonyl (C=O) groups excluding carboxylic acids is 1. The first kappa shape index (κ1) is 15.9. The minimum atomic E-state index is -0.408. The molecule has 2 heterocycles. The number of morpholine rings is 1. The van der Waals surface area contributed by atoms with Gasteiger partial charge in [-0.3, -0.25) is 0 Å². The van der Waals surface area contributed by atoms with Crippen molar-refractivity contribution in [1.82, 2.24) is 19.9 Å². The fraction of sp³-hybridized carbons (Fsp3) is 0.786. The fourth-order valence-electron chi connectivity index (χ4n) is 2.54. The van der Waals surface area contributed by atoms with Crippen molar-refractivity contribution in [3.05, 3.63) is 11.4 Å². The highest BCUT2D eigenvalue weighted by molar-refractivity contribution is 5.88. The van der Waals surface area contributed by atoms with Crippen LogP contribution in [-0.4, -0.2) is 65.3 Å². The van der Waals surface area contributed by atoms with Gasteiger partial charge < -0.3 is 14.4 Å². The smallest absolute Gasteiger partial charge is 0.360 e. The predicted molar refractivity (Wildman–Crippen MR) is 77.3 cm³/mol. The molecule has 1 unspecified atom stereocenters. The van der Waals surface area contributed by atoms with E-state index < -0.39 is 5.97 Å². The summed E-state index contributed by atoms with van der Waals surface area (Å²) in [6.07, 6.45) is 0.0676. The van der Waals surface area contributed by atoms with Gasteiger partial charge in [-0.25, -0.2) is 9.48 Å². The highest BCUT2D eigenvalue weighted by Crippen LogP contribution is 2.19. The number of hydrogen-bond donors (Lipinski definition) is 0. The van der Waals surface area contributed by atoms with Gasteiger partial charge in [-0.15, -0.1) is 5.10 Å². The fourth-order valence-corrected chi connectivity index (χ4v) is 2.54. The lowest BCUT2D eigenvalue weighted by atomic mass is 10.1. The van der Waals surface area contributed by atoms with Gasteiger partial charge >= 0.3 is 5.97 Å². The molecule has 1 aromatic rings. The SMILES string of the molecule is CCOC(=O)c1nnn(CC2CN(C)CCO2)c1C(C)C. The van der Waals surface area contributed by atoms with Crippen LogP contribution >= 0.6 is 0 Å². The van der Waals surface area contributed by atoms with E-state index in [9.17, 15) is 4.79 Å². The zero-order valence-corrected chi connectivity index (χ0v) is 13.2. The van der Waals surface area contributed by atoms with Gasteiger partial charge in [-0.1, -0.05) is 19.1 Å². The van der Waals surface area contributed by atoms with Crippen molar-refractivity contribution < 1.29 is 14.3 Å². The van der Waals surface area contributed by atoms with Crippen molar-refractivity contribution in [2.24, 2.45) is 0 Å². The maximum atomic E-state index is 12.0. The van der Waals surface area contributed by atoms with E-state index in [2.05, 4.69) is 22.3 Å². The van der Waals surface area contributed by atoms with E-state index in [1.807, 2.05) is 13.8 Å². The molecule has 21 heavy (non-hydrogen) atoms. The Morgan fingerprint density at radius 2 is 2.29 bits per heavy atom. The standard InChI is InChI=1S/C14H24N4O3/c1-5-20-14(19)12-13(10(2)3)18(16-15-12)9-11-8-17(4)6-7-21-11/h10-11H,5-9H2,1-4H3. The molecule has 0 radical (unpaired) electrons. The van der Waals surface area contributed by atoms with E-state index in [0.717, 1.165) is 25.4 Å². The van der Waals surface area contributed by atoms with E-state index >= 15 is 0 Å². The maximum Gasteiger partial charge on any atom is 0.360 e. The molecule has 7 heteroatoms. The number of rotatable bonds is 5. The minimum absolute atomic E-state index is 0.0676. The van der Waals surface area contributed by atoms with E-state index in [4.69, 9.17) is 9.47 Å². The van der Waals surface area contributed by atoms with Crippen molar-refractivity contribution in [2.45, 2.75) is 39.3 Å². The minimum Gasteiger partial charge on any atom is -0.461 e. The van der Waals surface area contributed by atoms with E-state index in [-0.39, 0.29) is 12.0 Å². The lowest BCUT2D eigenvalue weighted by Crippen LogP contribution is -2.42. The first-order valence-electron chi connectivity index (χ1n) is 7.43. The third-order valence-electron chi connectivity index (χ3n) is 3.51. The summed E-state index contributed by atoms with van der Waals surface area (Å²) >= 11 is 0. The summed E-state index contributed by atoms with van der Waals surface area (Å²) < 4.78 is 12.6. The number of nitrogens with zero attached hydrogens (tertiary/aromatic N) is 4. The molecule has 1 atom stereocenters. The van der Waals surface area contributed by atoms with Crippen molar-refractivity contribution in [1.29, 1.82) is 0 Å². The van der Waals surface area contributed by atoms with Crippen LogP contribution in [0.15, 0.2) is 0 Å². The Bertz CT molecular complexity index is 487. The zero-order chi connectivity index (χ0) is 15.4. The molecule has 0 N–H and O–H groups in total. The number of hydrogen-bond acceptors (Lipinski definition) is 6. The van der Waals surface area contributed by atoms with Crippen LogP contribution in [0.1, 0.15) is 42.9 Å². The Morgan fingerprint density at radius 3 is 2.90 bits per heavy atom. The average molecular weight is 296 g/mol. The third-order valence-corrected chi connectivity index (χ3v) is 3.51. The Kier molecular flexibility index (Phi) is 5.30. The second-order valence-corrected chi connectivity index (χ2v) is 5.64. The number of likely N-dealkylation sites (N-methyl/N-ethyl adjacent to an activating group) is 1. The lowest BCUT2D eigenvalue weighted by molar-refractivity contribution is -0.0297. The van der Waals surface area contributed by atoms with Crippen LogP contribution < -0.4 is 0 Å². The first-order chi connectivity index (χ1) is 10.0. The Hall–Kier alpha value is -1.47. The molecule has 118 valence electrons. The van der Waals surface area contributed by atoms with Crippen LogP contribution in [-0.2, 0) is 16.0 Å². The summed E-state index contributed by atoms with van der Waals surface area (Å²) in [6.45, 7) is 9.27. The zero-order valence-electron chi connectivity index (χ0n) is 13.2. The van der Waals surface area contributed by atoms with E-state index in [0.29, 0.717) is 18.8 Å². The Labute approximate surface area is 125 Å². The molecule has 0 bridgehead atoms. The molecule has 0 amide bonds. The van der Waals surface area contributed by atoms with Crippen LogP contribution in [0.2, 0.25) is 0 Å². The predicted octanol–water partition coefficient (Wildman–Crippen LogP) is 0.909. The summed E-state index contributed by atoms with van der Waals surface area (Å²) in [5, 5.41) is 8.14. The molecule has 0 aliphatic carbocycles. The van der Waals surface area contributed by atoms with E-state index in [1.165, 1.54) is 0 Å². The average Bonchev–Trinajstić information content (AvgIpc) is 2.83. The van der Waals surface area contributed by atoms with Crippen LogP contribution in [0.4, 0.5) is 0 Å². The Balaban J connectivity index is 2.17. The summed E-state index contributed by atoms with van der Waals surface area (Å²) in [7, 11) is 2.07. The van der Waals surface area contributed by atoms with Gasteiger partial charge in [-0.05, 0) is 19.9 Å². The quantitative estimate of drug-likeness (QED) is 0.752. The van der Waals surface area contributed by atoms with Crippen molar-refractivity contribution in [3.63, 3.8) is 0 Å². The Morgan fingerprint density at radius 1 is 1.52 bits per heavy atom. The van der Waals surface area contributed by atoms with Crippen molar-refractivity contribution in [3.8, 4) is 0 Å². The highest BCUT2D eigenvalue weighted by atomic mass is 16.5. The summed E-state index contributed by atoms with van der Waals surface area (Å²) in [4.78, 5) is 14.2. The van der Waals surface area contributed by atoms with Gasteiger partial charge in [0.05, 0.1) is 31.6 Å². The molecule has 2 rings (SSSR count). The molecule has 1 saturated heterocycles. The molecule has 0 spiro atoms. The van der Waals surface area contributed by atoms with Gasteiger partial charge in [0.25, 0.3) is 0 Å². The molecule has 0 saturated carbocycles. The molecule has 1 fully saturated rings. The monoisotopic (exact) mass is 296 g/mol. The normalized spacial score (nSPS) is 20.0. The van der Waals surface area contributed by atoms with Crippen LogP contribution in [0.5, 0.6) is 0 Å². The third kappa shape index (κ3) is 3.79. The molecule has 7 nitrogen and oxygen atoms in total. The number of ether oxygens (including phenoxy) is 2. The second kappa shape index (κ2) is 7.00. The van der Waals surface area contributed by atoms with Crippen molar-refractivity contribution in [2.75, 3.05) is 33.4 Å². The summed E-state index contributed by atoms with van der Waals surface area (Å²) in [5.41, 5.74) is 1.13. The first-order valence-corrected chi connectivity index (χ1v) is 7.43. The van der Waals surface area contributed by atoms with Gasteiger partial charge in [0.1, 0.15) is 0 Å². The number of aromatic nitrogens is 3. The molecular weight excluding hydrogens is 272 g/mol. The van der Waals surface area contributed by atoms with Crippen LogP contribution in [0, 0.1) is 0 Å². The summed E-state index contributed by atoms with van der Waals surface area (Å²) in [5.74, 6) is -0.269. The maximum absolute atomic E-state index is 12.0. The molecule has 1 aromatic heterocycles. The molecule has 0 aromatic carbocycles. The van der Waals surface area contributed by atoms with Gasteiger partial charge in [0, 0.05) is 13.1 Å². The second-order valence-electron chi connectivity index (χ2n) is 5.64. The van der Waals surface area contributed by atoms with Crippen LogP contribution in [0.25, 0.3) is 0 Å². The number of carbonyl (C=O) groups is 1. The van der Waals surface area contributed by atoms with Crippen LogP contribution in [0.3, 0.4) is 0 Å². The lowest BCUT2D eigenvalue weighted by Gasteiger charge is -2.30. The van der Waals surface area contributed by atoms with Crippen molar-refractivity contribution >= 4 is 5.97 Å². The molecule has 1 aliphatic rings. The highest BCUT2D eigenvalue weighted by Gasteiger charge is 2.26. The number of esters is 1. The molecular formula is C14H24N4O3. The van der Waals surface area contributed by atoms with Gasteiger partial charge in [0.15, 0.2) is 5.69 Å². The van der Waals surface area contributed by atoms with E-state index in [1.54, 1.807) is 11.6 Å². The summed E-state index contributed by atoms with van der Waals surface area (Å²) in [6, 6.07) is 0. The largest absolute Gasteiger partial charge is 0.461 e. The van der Waals surface area contributed by atoms with Gasteiger partial charge in [-0.2, -0.15) is 0 Å². The molecule has 1 aliphatic heterocycles. The topological polar surface area (TPSA) is 69.5 Å². The van der Waals surface area contributed by atoms with Gasteiger partial charge in [0.2, 0.25) is 0 Å².